The molecule has 5 rings (SSSR count). The molecule has 1 aromatic carbocycles. The minimum atomic E-state index is 0.776. The van der Waals surface area contributed by atoms with Crippen LogP contribution in [0.1, 0.15) is 5.56 Å². The molecule has 0 spiro atoms. The third-order valence-corrected chi connectivity index (χ3v) is 4.36. The number of rotatable bonds is 2. The van der Waals surface area contributed by atoms with Crippen molar-refractivity contribution in [2.75, 3.05) is 6.61 Å². The Balaban J connectivity index is 1.66. The summed E-state index contributed by atoms with van der Waals surface area (Å²) >= 11 is 0. The second-order valence-corrected chi connectivity index (χ2v) is 5.73. The number of pyridine rings is 1. The average molecular weight is 302 g/mol. The lowest BCUT2D eigenvalue weighted by Crippen LogP contribution is -1.85. The number of aromatic amines is 2. The molecule has 0 radical (unpaired) electrons. The van der Waals surface area contributed by atoms with Crippen molar-refractivity contribution < 1.29 is 4.74 Å². The quantitative estimate of drug-likeness (QED) is 0.595. The third kappa shape index (κ3) is 1.93. The number of ether oxygens (including phenoxy) is 1. The van der Waals surface area contributed by atoms with Crippen LogP contribution in [0.3, 0.4) is 0 Å². The SMILES string of the molecule is c1cc2c(cc1-c1cnc3[nH]cc(-c4cn[nH]c4)c3c1)CCO2. The number of H-pyrrole nitrogens is 2. The van der Waals surface area contributed by atoms with E-state index in [2.05, 4.69) is 44.4 Å². The zero-order valence-electron chi connectivity index (χ0n) is 12.3. The molecule has 0 aliphatic carbocycles. The summed E-state index contributed by atoms with van der Waals surface area (Å²) in [5.74, 6) is 1.00. The summed E-state index contributed by atoms with van der Waals surface area (Å²) in [5.41, 5.74) is 6.59. The van der Waals surface area contributed by atoms with Crippen LogP contribution in [-0.4, -0.2) is 26.8 Å². The van der Waals surface area contributed by atoms with Gasteiger partial charge < -0.3 is 9.72 Å². The monoisotopic (exact) mass is 302 g/mol. The molecule has 1 aliphatic rings. The third-order valence-electron chi connectivity index (χ3n) is 4.36. The van der Waals surface area contributed by atoms with E-state index in [4.69, 9.17) is 4.74 Å². The molecule has 5 nitrogen and oxygen atoms in total. The van der Waals surface area contributed by atoms with Crippen LogP contribution in [0, 0.1) is 0 Å². The van der Waals surface area contributed by atoms with Gasteiger partial charge in [-0.2, -0.15) is 5.10 Å². The molecule has 2 N–H and O–H groups in total. The van der Waals surface area contributed by atoms with Gasteiger partial charge in [0.25, 0.3) is 0 Å². The molecule has 0 fully saturated rings. The molecule has 4 aromatic rings. The molecule has 0 unspecified atom stereocenters. The molecular weight excluding hydrogens is 288 g/mol. The Morgan fingerprint density at radius 1 is 1.00 bits per heavy atom. The Bertz CT molecular complexity index is 1000. The summed E-state index contributed by atoms with van der Waals surface area (Å²) in [6.45, 7) is 0.776. The predicted molar refractivity (Wildman–Crippen MR) is 88.3 cm³/mol. The van der Waals surface area contributed by atoms with Crippen LogP contribution >= 0.6 is 0 Å². The molecule has 0 atom stereocenters. The van der Waals surface area contributed by atoms with Crippen molar-refractivity contribution in [1.29, 1.82) is 0 Å². The number of benzene rings is 1. The fourth-order valence-corrected chi connectivity index (χ4v) is 3.16. The highest BCUT2D eigenvalue weighted by atomic mass is 16.5. The molecular formula is C18H14N4O. The number of fused-ring (bicyclic) bond motifs is 2. The van der Waals surface area contributed by atoms with Gasteiger partial charge in [-0.15, -0.1) is 0 Å². The Labute approximate surface area is 132 Å². The van der Waals surface area contributed by atoms with Crippen LogP contribution in [0.25, 0.3) is 33.3 Å². The zero-order valence-corrected chi connectivity index (χ0v) is 12.3. The molecule has 3 aromatic heterocycles. The Kier molecular flexibility index (Phi) is 2.55. The molecule has 5 heteroatoms. The molecule has 4 heterocycles. The lowest BCUT2D eigenvalue weighted by molar-refractivity contribution is 0.357. The van der Waals surface area contributed by atoms with Gasteiger partial charge in [-0.05, 0) is 29.3 Å². The molecule has 0 bridgehead atoms. The Hall–Kier alpha value is -3.08. The van der Waals surface area contributed by atoms with E-state index in [1.165, 1.54) is 11.1 Å². The normalized spacial score (nSPS) is 13.2. The van der Waals surface area contributed by atoms with E-state index in [0.717, 1.165) is 46.5 Å². The van der Waals surface area contributed by atoms with Crippen molar-refractivity contribution >= 4 is 11.0 Å². The van der Waals surface area contributed by atoms with E-state index in [0.29, 0.717) is 0 Å². The maximum absolute atomic E-state index is 5.58. The van der Waals surface area contributed by atoms with Gasteiger partial charge in [-0.3, -0.25) is 5.10 Å². The lowest BCUT2D eigenvalue weighted by Gasteiger charge is -2.05. The summed E-state index contributed by atoms with van der Waals surface area (Å²) in [6.07, 6.45) is 8.58. The van der Waals surface area contributed by atoms with Crippen LogP contribution in [-0.2, 0) is 6.42 Å². The fraction of sp³-hybridized carbons (Fsp3) is 0.111. The van der Waals surface area contributed by atoms with Crippen molar-refractivity contribution in [2.24, 2.45) is 0 Å². The van der Waals surface area contributed by atoms with Crippen LogP contribution in [0.5, 0.6) is 5.75 Å². The Morgan fingerprint density at radius 2 is 2.00 bits per heavy atom. The largest absolute Gasteiger partial charge is 0.493 e. The summed E-state index contributed by atoms with van der Waals surface area (Å²) in [5, 5.41) is 7.99. The van der Waals surface area contributed by atoms with E-state index in [9.17, 15) is 0 Å². The molecule has 0 amide bonds. The van der Waals surface area contributed by atoms with E-state index in [-0.39, 0.29) is 0 Å². The van der Waals surface area contributed by atoms with Crippen LogP contribution in [0.2, 0.25) is 0 Å². The maximum atomic E-state index is 5.58. The lowest BCUT2D eigenvalue weighted by atomic mass is 10.0. The van der Waals surface area contributed by atoms with Gasteiger partial charge in [0.15, 0.2) is 0 Å². The van der Waals surface area contributed by atoms with Crippen LogP contribution in [0.4, 0.5) is 0 Å². The van der Waals surface area contributed by atoms with E-state index in [1.54, 1.807) is 0 Å². The zero-order chi connectivity index (χ0) is 15.2. The van der Waals surface area contributed by atoms with Crippen molar-refractivity contribution in [3.63, 3.8) is 0 Å². The standard InChI is InChI=1S/C18H14N4O/c1-2-17-12(3-4-23-17)5-11(1)13-6-15-16(14-8-21-22-9-14)10-20-18(15)19-7-13/h1-2,5-10H,3-4H2,(H,19,20)(H,21,22). The smallest absolute Gasteiger partial charge is 0.137 e. The van der Waals surface area contributed by atoms with Gasteiger partial charge in [0, 0.05) is 47.1 Å². The van der Waals surface area contributed by atoms with Crippen LogP contribution < -0.4 is 4.74 Å². The second-order valence-electron chi connectivity index (χ2n) is 5.73. The minimum Gasteiger partial charge on any atom is -0.493 e. The van der Waals surface area contributed by atoms with Gasteiger partial charge in [0.1, 0.15) is 11.4 Å². The topological polar surface area (TPSA) is 66.6 Å². The number of nitrogens with zero attached hydrogens (tertiary/aromatic N) is 2. The summed E-state index contributed by atoms with van der Waals surface area (Å²) in [6, 6.07) is 8.53. The van der Waals surface area contributed by atoms with E-state index < -0.39 is 0 Å². The molecule has 23 heavy (non-hydrogen) atoms. The molecule has 0 saturated carbocycles. The fourth-order valence-electron chi connectivity index (χ4n) is 3.16. The number of nitrogens with one attached hydrogen (secondary N) is 2. The highest BCUT2D eigenvalue weighted by Gasteiger charge is 2.14. The van der Waals surface area contributed by atoms with E-state index >= 15 is 0 Å². The average Bonchev–Trinajstić information content (AvgIpc) is 3.32. The first-order valence-electron chi connectivity index (χ1n) is 7.61. The highest BCUT2D eigenvalue weighted by Crippen LogP contribution is 2.33. The summed E-state index contributed by atoms with van der Waals surface area (Å²) in [4.78, 5) is 7.79. The van der Waals surface area contributed by atoms with Crippen molar-refractivity contribution in [2.45, 2.75) is 6.42 Å². The van der Waals surface area contributed by atoms with Crippen molar-refractivity contribution in [3.8, 4) is 28.0 Å². The molecule has 1 aliphatic heterocycles. The van der Waals surface area contributed by atoms with E-state index in [1.807, 2.05) is 24.8 Å². The van der Waals surface area contributed by atoms with Crippen molar-refractivity contribution in [3.05, 3.63) is 54.6 Å². The molecule has 112 valence electrons. The Morgan fingerprint density at radius 3 is 2.91 bits per heavy atom. The number of aromatic nitrogens is 4. The van der Waals surface area contributed by atoms with Gasteiger partial charge in [0.2, 0.25) is 0 Å². The van der Waals surface area contributed by atoms with Crippen molar-refractivity contribution in [1.82, 2.24) is 20.2 Å². The second kappa shape index (κ2) is 4.71. The summed E-state index contributed by atoms with van der Waals surface area (Å²) in [7, 11) is 0. The van der Waals surface area contributed by atoms with Gasteiger partial charge in [0.05, 0.1) is 12.8 Å². The van der Waals surface area contributed by atoms with Gasteiger partial charge >= 0.3 is 0 Å². The first kappa shape index (κ1) is 12.5. The molecule has 0 saturated heterocycles. The predicted octanol–water partition coefficient (Wildman–Crippen LogP) is 3.55. The first-order valence-corrected chi connectivity index (χ1v) is 7.61. The first-order chi connectivity index (χ1) is 11.4. The highest BCUT2D eigenvalue weighted by molar-refractivity contribution is 5.95. The number of hydrogen-bond acceptors (Lipinski definition) is 3. The number of hydrogen-bond donors (Lipinski definition) is 2. The van der Waals surface area contributed by atoms with Gasteiger partial charge in [-0.25, -0.2) is 4.98 Å². The van der Waals surface area contributed by atoms with Gasteiger partial charge in [-0.1, -0.05) is 6.07 Å². The van der Waals surface area contributed by atoms with Crippen LogP contribution in [0.15, 0.2) is 49.1 Å². The summed E-state index contributed by atoms with van der Waals surface area (Å²) < 4.78 is 5.58. The minimum absolute atomic E-state index is 0.776. The maximum Gasteiger partial charge on any atom is 0.137 e.